The van der Waals surface area contributed by atoms with Crippen molar-refractivity contribution in [3.63, 3.8) is 0 Å². The van der Waals surface area contributed by atoms with Crippen LogP contribution in [-0.2, 0) is 0 Å². The molecule has 1 aromatic heterocycles. The Bertz CT molecular complexity index is 369. The van der Waals surface area contributed by atoms with Gasteiger partial charge in [-0.2, -0.15) is 11.8 Å². The van der Waals surface area contributed by atoms with E-state index in [0.717, 1.165) is 24.5 Å². The van der Waals surface area contributed by atoms with Crippen molar-refractivity contribution < 1.29 is 0 Å². The summed E-state index contributed by atoms with van der Waals surface area (Å²) in [5.41, 5.74) is 6.98. The summed E-state index contributed by atoms with van der Waals surface area (Å²) in [6, 6.07) is 2.20. The SMILES string of the molecule is CC1(C)CCN(C(CN)c2ccncn2)CCS1. The molecule has 0 spiro atoms. The first-order chi connectivity index (χ1) is 8.62. The number of nitrogens with two attached hydrogens (primary N) is 1. The molecule has 1 fully saturated rings. The van der Waals surface area contributed by atoms with E-state index in [0.29, 0.717) is 11.3 Å². The lowest BCUT2D eigenvalue weighted by molar-refractivity contribution is 0.207. The summed E-state index contributed by atoms with van der Waals surface area (Å²) in [6.07, 6.45) is 4.59. The fraction of sp³-hybridized carbons (Fsp3) is 0.692. The van der Waals surface area contributed by atoms with Gasteiger partial charge in [0, 0.05) is 36.3 Å². The molecular formula is C13H22N4S. The number of aromatic nitrogens is 2. The van der Waals surface area contributed by atoms with Gasteiger partial charge in [-0.1, -0.05) is 13.8 Å². The van der Waals surface area contributed by atoms with Crippen molar-refractivity contribution in [2.75, 3.05) is 25.4 Å². The van der Waals surface area contributed by atoms with Crippen molar-refractivity contribution in [1.82, 2.24) is 14.9 Å². The summed E-state index contributed by atoms with van der Waals surface area (Å²) in [6.45, 7) is 7.43. The number of rotatable bonds is 3. The first-order valence-electron chi connectivity index (χ1n) is 6.46. The molecule has 1 aliphatic heterocycles. The van der Waals surface area contributed by atoms with E-state index in [4.69, 9.17) is 5.73 Å². The van der Waals surface area contributed by atoms with Crippen molar-refractivity contribution in [3.05, 3.63) is 24.3 Å². The Morgan fingerprint density at radius 1 is 1.50 bits per heavy atom. The molecule has 1 aliphatic rings. The van der Waals surface area contributed by atoms with Crippen molar-refractivity contribution in [3.8, 4) is 0 Å². The molecule has 0 amide bonds. The molecule has 100 valence electrons. The first kappa shape index (κ1) is 13.8. The smallest absolute Gasteiger partial charge is 0.115 e. The molecule has 0 saturated carbocycles. The van der Waals surface area contributed by atoms with E-state index in [1.54, 1.807) is 12.5 Å². The summed E-state index contributed by atoms with van der Waals surface area (Å²) in [7, 11) is 0. The lowest BCUT2D eigenvalue weighted by Gasteiger charge is -2.29. The Balaban J connectivity index is 2.09. The Kier molecular flexibility index (Phi) is 4.59. The second-order valence-corrected chi connectivity index (χ2v) is 7.08. The minimum Gasteiger partial charge on any atom is -0.329 e. The van der Waals surface area contributed by atoms with E-state index in [1.165, 1.54) is 6.42 Å². The monoisotopic (exact) mass is 266 g/mol. The largest absolute Gasteiger partial charge is 0.329 e. The standard InChI is InChI=1S/C13H22N4S/c1-13(2)4-6-17(7-8-18-13)12(9-14)11-3-5-15-10-16-11/h3,5,10,12H,4,6-9,14H2,1-2H3. The van der Waals surface area contributed by atoms with Gasteiger partial charge in [-0.05, 0) is 12.5 Å². The van der Waals surface area contributed by atoms with Gasteiger partial charge in [-0.15, -0.1) is 0 Å². The number of thioether (sulfide) groups is 1. The topological polar surface area (TPSA) is 55.0 Å². The fourth-order valence-electron chi connectivity index (χ4n) is 2.30. The van der Waals surface area contributed by atoms with Crippen LogP contribution in [0.15, 0.2) is 18.6 Å². The molecule has 5 heteroatoms. The Morgan fingerprint density at radius 2 is 2.33 bits per heavy atom. The van der Waals surface area contributed by atoms with Gasteiger partial charge in [0.05, 0.1) is 11.7 Å². The molecule has 1 aromatic rings. The molecule has 1 saturated heterocycles. The van der Waals surface area contributed by atoms with Crippen LogP contribution in [0.5, 0.6) is 0 Å². The van der Waals surface area contributed by atoms with Gasteiger partial charge in [0.1, 0.15) is 6.33 Å². The minimum absolute atomic E-state index is 0.225. The van der Waals surface area contributed by atoms with Gasteiger partial charge in [0.2, 0.25) is 0 Å². The average molecular weight is 266 g/mol. The third-order valence-corrected chi connectivity index (χ3v) is 4.85. The Morgan fingerprint density at radius 3 is 3.00 bits per heavy atom. The summed E-state index contributed by atoms with van der Waals surface area (Å²) in [5.74, 6) is 1.16. The first-order valence-corrected chi connectivity index (χ1v) is 7.45. The maximum atomic E-state index is 5.95. The summed E-state index contributed by atoms with van der Waals surface area (Å²) in [5, 5.41) is 0. The van der Waals surface area contributed by atoms with Crippen molar-refractivity contribution in [2.45, 2.75) is 31.1 Å². The Hall–Kier alpha value is -0.650. The van der Waals surface area contributed by atoms with Crippen LogP contribution in [0.4, 0.5) is 0 Å². The minimum atomic E-state index is 0.225. The van der Waals surface area contributed by atoms with Gasteiger partial charge in [-0.3, -0.25) is 4.90 Å². The van der Waals surface area contributed by atoms with Gasteiger partial charge in [0.25, 0.3) is 0 Å². The molecule has 1 atom stereocenters. The van der Waals surface area contributed by atoms with E-state index in [-0.39, 0.29) is 6.04 Å². The highest BCUT2D eigenvalue weighted by molar-refractivity contribution is 8.00. The molecule has 18 heavy (non-hydrogen) atoms. The molecule has 0 aromatic carbocycles. The van der Waals surface area contributed by atoms with Crippen LogP contribution in [0.3, 0.4) is 0 Å². The maximum Gasteiger partial charge on any atom is 0.115 e. The van der Waals surface area contributed by atoms with Gasteiger partial charge >= 0.3 is 0 Å². The van der Waals surface area contributed by atoms with E-state index in [9.17, 15) is 0 Å². The van der Waals surface area contributed by atoms with Gasteiger partial charge < -0.3 is 5.73 Å². The van der Waals surface area contributed by atoms with Crippen LogP contribution in [-0.4, -0.2) is 45.0 Å². The maximum absolute atomic E-state index is 5.95. The Labute approximate surface area is 113 Å². The highest BCUT2D eigenvalue weighted by Gasteiger charge is 2.27. The summed E-state index contributed by atoms with van der Waals surface area (Å²) < 4.78 is 0.375. The summed E-state index contributed by atoms with van der Waals surface area (Å²) in [4.78, 5) is 10.8. The molecule has 0 bridgehead atoms. The van der Waals surface area contributed by atoms with Crippen LogP contribution < -0.4 is 5.73 Å². The zero-order valence-corrected chi connectivity index (χ0v) is 12.0. The van der Waals surface area contributed by atoms with Gasteiger partial charge in [0.15, 0.2) is 0 Å². The zero-order chi connectivity index (χ0) is 13.0. The number of hydrogen-bond acceptors (Lipinski definition) is 5. The zero-order valence-electron chi connectivity index (χ0n) is 11.2. The second-order valence-electron chi connectivity index (χ2n) is 5.28. The third kappa shape index (κ3) is 3.43. The van der Waals surface area contributed by atoms with Crippen LogP contribution in [0.1, 0.15) is 32.0 Å². The predicted molar refractivity (Wildman–Crippen MR) is 76.6 cm³/mol. The van der Waals surface area contributed by atoms with Crippen molar-refractivity contribution in [2.24, 2.45) is 5.73 Å². The molecule has 0 aliphatic carbocycles. The van der Waals surface area contributed by atoms with Crippen LogP contribution in [0.2, 0.25) is 0 Å². The molecule has 2 N–H and O–H groups in total. The second kappa shape index (κ2) is 5.99. The summed E-state index contributed by atoms with van der Waals surface area (Å²) >= 11 is 2.05. The van der Waals surface area contributed by atoms with Crippen LogP contribution in [0.25, 0.3) is 0 Å². The van der Waals surface area contributed by atoms with E-state index in [2.05, 4.69) is 40.5 Å². The lowest BCUT2D eigenvalue weighted by Crippen LogP contribution is -2.36. The molecule has 2 rings (SSSR count). The number of hydrogen-bond donors (Lipinski definition) is 1. The van der Waals surface area contributed by atoms with E-state index in [1.807, 2.05) is 6.07 Å². The number of nitrogens with zero attached hydrogens (tertiary/aromatic N) is 3. The molecule has 1 unspecified atom stereocenters. The predicted octanol–water partition coefficient (Wildman–Crippen LogP) is 1.69. The quantitative estimate of drug-likeness (QED) is 0.902. The van der Waals surface area contributed by atoms with Crippen molar-refractivity contribution in [1.29, 1.82) is 0 Å². The fourth-order valence-corrected chi connectivity index (χ4v) is 3.42. The normalized spacial score (nSPS) is 22.4. The molecular weight excluding hydrogens is 244 g/mol. The van der Waals surface area contributed by atoms with Crippen LogP contribution in [0, 0.1) is 0 Å². The third-order valence-electron chi connectivity index (χ3n) is 3.48. The highest BCUT2D eigenvalue weighted by Crippen LogP contribution is 2.32. The molecule has 0 radical (unpaired) electrons. The van der Waals surface area contributed by atoms with E-state index >= 15 is 0 Å². The molecule has 2 heterocycles. The lowest BCUT2D eigenvalue weighted by atomic mass is 10.1. The van der Waals surface area contributed by atoms with Crippen molar-refractivity contribution >= 4 is 11.8 Å². The molecule has 4 nitrogen and oxygen atoms in total. The van der Waals surface area contributed by atoms with Crippen LogP contribution >= 0.6 is 11.8 Å². The van der Waals surface area contributed by atoms with E-state index < -0.39 is 0 Å². The highest BCUT2D eigenvalue weighted by atomic mass is 32.2. The average Bonchev–Trinajstić information content (AvgIpc) is 2.54. The van der Waals surface area contributed by atoms with Gasteiger partial charge in [-0.25, -0.2) is 9.97 Å².